The smallest absolute Gasteiger partial charge is 0.341 e. The summed E-state index contributed by atoms with van der Waals surface area (Å²) in [5.74, 6) is -1.81. The summed E-state index contributed by atoms with van der Waals surface area (Å²) >= 11 is 2.55. The number of nitrogens with one attached hydrogen (secondary N) is 3. The lowest BCUT2D eigenvalue weighted by Gasteiger charge is -2.14. The zero-order valence-corrected chi connectivity index (χ0v) is 28.0. The van der Waals surface area contributed by atoms with Crippen LogP contribution >= 0.6 is 23.1 Å². The highest BCUT2D eigenvalue weighted by atomic mass is 32.2. The number of aryl methyl sites for hydroxylation is 1. The molecule has 1 atom stereocenters. The van der Waals surface area contributed by atoms with E-state index in [9.17, 15) is 19.2 Å². The van der Waals surface area contributed by atoms with Crippen LogP contribution in [-0.4, -0.2) is 41.0 Å². The molecular formula is C37H32N4O5S2. The lowest BCUT2D eigenvalue weighted by Crippen LogP contribution is -2.30. The van der Waals surface area contributed by atoms with E-state index in [0.717, 1.165) is 16.0 Å². The van der Waals surface area contributed by atoms with Crippen LogP contribution in [0.25, 0.3) is 17.2 Å². The molecule has 1 unspecified atom stereocenters. The van der Waals surface area contributed by atoms with Crippen molar-refractivity contribution in [2.45, 2.75) is 24.0 Å². The Morgan fingerprint density at radius 3 is 2.40 bits per heavy atom. The van der Waals surface area contributed by atoms with Gasteiger partial charge in [-0.25, -0.2) is 4.79 Å². The third-order valence-corrected chi connectivity index (χ3v) is 9.07. The Balaban J connectivity index is 1.29. The van der Waals surface area contributed by atoms with Crippen LogP contribution in [0.4, 0.5) is 10.7 Å². The summed E-state index contributed by atoms with van der Waals surface area (Å²) in [5.41, 5.74) is 4.46. The number of amides is 3. The van der Waals surface area contributed by atoms with Crippen LogP contribution < -0.4 is 16.0 Å². The Bertz CT molecular complexity index is 1960. The molecular weight excluding hydrogens is 645 g/mol. The van der Waals surface area contributed by atoms with Crippen molar-refractivity contribution in [2.24, 2.45) is 0 Å². The van der Waals surface area contributed by atoms with Crippen LogP contribution in [0.15, 0.2) is 119 Å². The SMILES string of the molecule is COC(=O)c1c(-c2ccc(C)cc2)csc1NC(=O)C(C)Sc1cccc(NC(=O)/C(=C/c2cccnc2)NC(=O)c2ccccc2)c1. The quantitative estimate of drug-likeness (QED) is 0.0755. The van der Waals surface area contributed by atoms with E-state index in [2.05, 4.69) is 20.9 Å². The molecule has 0 aliphatic rings. The first-order chi connectivity index (χ1) is 23.2. The van der Waals surface area contributed by atoms with E-state index in [0.29, 0.717) is 32.9 Å². The van der Waals surface area contributed by atoms with Crippen LogP contribution in [0.2, 0.25) is 0 Å². The lowest BCUT2D eigenvalue weighted by molar-refractivity contribution is -0.115. The van der Waals surface area contributed by atoms with E-state index >= 15 is 0 Å². The average Bonchev–Trinajstić information content (AvgIpc) is 3.52. The number of aromatic nitrogens is 1. The van der Waals surface area contributed by atoms with Crippen molar-refractivity contribution in [3.05, 3.63) is 137 Å². The minimum absolute atomic E-state index is 0.0324. The van der Waals surface area contributed by atoms with E-state index in [1.165, 1.54) is 30.2 Å². The monoisotopic (exact) mass is 676 g/mol. The van der Waals surface area contributed by atoms with Gasteiger partial charge in [-0.05, 0) is 67.4 Å². The highest BCUT2D eigenvalue weighted by molar-refractivity contribution is 8.00. The van der Waals surface area contributed by atoms with Gasteiger partial charge in [-0.15, -0.1) is 23.1 Å². The lowest BCUT2D eigenvalue weighted by atomic mass is 10.0. The van der Waals surface area contributed by atoms with E-state index in [-0.39, 0.29) is 11.6 Å². The summed E-state index contributed by atoms with van der Waals surface area (Å²) in [4.78, 5) is 57.3. The number of hydrogen-bond donors (Lipinski definition) is 3. The number of rotatable bonds is 11. The molecule has 3 aromatic carbocycles. The number of hydrogen-bond acceptors (Lipinski definition) is 8. The molecule has 3 amide bonds. The summed E-state index contributed by atoms with van der Waals surface area (Å²) < 4.78 is 5.04. The first-order valence-electron chi connectivity index (χ1n) is 14.9. The first-order valence-corrected chi connectivity index (χ1v) is 16.6. The van der Waals surface area contributed by atoms with E-state index < -0.39 is 23.0 Å². The van der Waals surface area contributed by atoms with Gasteiger partial charge in [0.25, 0.3) is 11.8 Å². The highest BCUT2D eigenvalue weighted by Gasteiger charge is 2.24. The van der Waals surface area contributed by atoms with Gasteiger partial charge in [0.2, 0.25) is 5.91 Å². The summed E-state index contributed by atoms with van der Waals surface area (Å²) in [6.07, 6.45) is 4.75. The molecule has 0 aliphatic carbocycles. The van der Waals surface area contributed by atoms with Gasteiger partial charge < -0.3 is 20.7 Å². The minimum atomic E-state index is -0.558. The Labute approximate surface area is 286 Å². The fourth-order valence-corrected chi connectivity index (χ4v) is 6.47. The number of pyridine rings is 1. The largest absolute Gasteiger partial charge is 0.465 e. The van der Waals surface area contributed by atoms with E-state index in [1.807, 2.05) is 42.6 Å². The normalized spacial score (nSPS) is 11.7. The summed E-state index contributed by atoms with van der Waals surface area (Å²) in [7, 11) is 1.31. The third kappa shape index (κ3) is 8.64. The number of anilines is 2. The molecule has 242 valence electrons. The third-order valence-electron chi connectivity index (χ3n) is 7.08. The number of thiophene rings is 1. The van der Waals surface area contributed by atoms with Crippen LogP contribution in [0.1, 0.15) is 38.8 Å². The van der Waals surface area contributed by atoms with Crippen LogP contribution in [-0.2, 0) is 14.3 Å². The van der Waals surface area contributed by atoms with Crippen molar-refractivity contribution in [1.29, 1.82) is 0 Å². The molecule has 3 N–H and O–H groups in total. The standard InChI is InChI=1S/C37H32N4O5S2/c1-23-14-16-26(17-15-23)30-22-47-36(32(30)37(45)46-3)41-33(42)24(2)48-29-13-7-12-28(20-29)39-35(44)31(19-25-9-8-18-38-21-25)40-34(43)27-10-5-4-6-11-27/h4-22,24H,1-3H3,(H,39,44)(H,40,43)(H,41,42)/b31-19-. The van der Waals surface area contributed by atoms with Gasteiger partial charge in [-0.3, -0.25) is 19.4 Å². The van der Waals surface area contributed by atoms with Gasteiger partial charge in [0.05, 0.1) is 12.4 Å². The number of esters is 1. The number of nitrogens with zero attached hydrogens (tertiary/aromatic N) is 1. The molecule has 5 rings (SSSR count). The molecule has 0 saturated carbocycles. The summed E-state index contributed by atoms with van der Waals surface area (Å²) in [6, 6.07) is 26.9. The molecule has 2 aromatic heterocycles. The summed E-state index contributed by atoms with van der Waals surface area (Å²) in [5, 5.41) is 10.1. The van der Waals surface area contributed by atoms with Crippen molar-refractivity contribution < 1.29 is 23.9 Å². The van der Waals surface area contributed by atoms with Gasteiger partial charge in [0.1, 0.15) is 16.3 Å². The van der Waals surface area contributed by atoms with E-state index in [4.69, 9.17) is 4.74 Å². The molecule has 0 radical (unpaired) electrons. The maximum absolute atomic E-state index is 13.4. The van der Waals surface area contributed by atoms with Crippen molar-refractivity contribution in [1.82, 2.24) is 10.3 Å². The Kier molecular flexibility index (Phi) is 11.2. The van der Waals surface area contributed by atoms with Crippen LogP contribution in [0.5, 0.6) is 0 Å². The summed E-state index contributed by atoms with van der Waals surface area (Å²) in [6.45, 7) is 3.74. The fourth-order valence-electron chi connectivity index (χ4n) is 4.59. The van der Waals surface area contributed by atoms with Gasteiger partial charge in [-0.2, -0.15) is 0 Å². The number of carbonyl (C=O) groups is 4. The van der Waals surface area contributed by atoms with Crippen molar-refractivity contribution in [3.8, 4) is 11.1 Å². The number of carbonyl (C=O) groups excluding carboxylic acids is 4. The van der Waals surface area contributed by atoms with Crippen LogP contribution in [0, 0.1) is 6.92 Å². The average molecular weight is 677 g/mol. The predicted octanol–water partition coefficient (Wildman–Crippen LogP) is 7.43. The molecule has 0 saturated heterocycles. The minimum Gasteiger partial charge on any atom is -0.465 e. The van der Waals surface area contributed by atoms with Gasteiger partial charge in [0.15, 0.2) is 0 Å². The number of ether oxygens (including phenoxy) is 1. The molecule has 0 fully saturated rings. The van der Waals surface area contributed by atoms with E-state index in [1.54, 1.807) is 86.1 Å². The molecule has 0 spiro atoms. The Morgan fingerprint density at radius 1 is 0.917 bits per heavy atom. The predicted molar refractivity (Wildman–Crippen MR) is 191 cm³/mol. The second-order valence-corrected chi connectivity index (χ2v) is 12.9. The Morgan fingerprint density at radius 2 is 1.69 bits per heavy atom. The number of benzene rings is 3. The van der Waals surface area contributed by atoms with Crippen molar-refractivity contribution in [3.63, 3.8) is 0 Å². The zero-order chi connectivity index (χ0) is 34.0. The van der Waals surface area contributed by atoms with Gasteiger partial charge >= 0.3 is 5.97 Å². The fraction of sp³-hybridized carbons (Fsp3) is 0.108. The topological polar surface area (TPSA) is 126 Å². The molecule has 9 nitrogen and oxygen atoms in total. The maximum atomic E-state index is 13.4. The molecule has 2 heterocycles. The first kappa shape index (κ1) is 33.8. The molecule has 11 heteroatoms. The molecule has 0 aliphatic heterocycles. The second kappa shape index (κ2) is 15.9. The molecule has 0 bridgehead atoms. The maximum Gasteiger partial charge on any atom is 0.341 e. The molecule has 5 aromatic rings. The van der Waals surface area contributed by atoms with Crippen LogP contribution in [0.3, 0.4) is 0 Å². The second-order valence-electron chi connectivity index (χ2n) is 10.6. The van der Waals surface area contributed by atoms with Crippen molar-refractivity contribution >= 4 is 63.6 Å². The zero-order valence-electron chi connectivity index (χ0n) is 26.4. The number of methoxy groups -OCH3 is 1. The van der Waals surface area contributed by atoms with Gasteiger partial charge in [-0.1, -0.05) is 60.2 Å². The van der Waals surface area contributed by atoms with Crippen molar-refractivity contribution in [2.75, 3.05) is 17.7 Å². The molecule has 48 heavy (non-hydrogen) atoms. The van der Waals surface area contributed by atoms with Gasteiger partial charge in [0, 0.05) is 39.5 Å². The number of thioether (sulfide) groups is 1. The highest BCUT2D eigenvalue weighted by Crippen LogP contribution is 2.37. The Hall–Kier alpha value is -5.52.